The second-order valence-electron chi connectivity index (χ2n) is 8.52. The van der Waals surface area contributed by atoms with Gasteiger partial charge in [0.25, 0.3) is 0 Å². The minimum absolute atomic E-state index is 0. The number of pyridine rings is 2. The second kappa shape index (κ2) is 11.7. The van der Waals surface area contributed by atoms with Gasteiger partial charge in [0, 0.05) is 40.3 Å². The average molecular weight is 534 g/mol. The maximum Gasteiger partial charge on any atom is 0.410 e. The minimum atomic E-state index is -0.442. The Kier molecular flexibility index (Phi) is 10.3. The Morgan fingerprint density at radius 2 is 1.58 bits per heavy atom. The van der Waals surface area contributed by atoms with Crippen molar-refractivity contribution in [3.63, 3.8) is 0 Å². The molecule has 0 bridgehead atoms. The Balaban J connectivity index is 0.000000404. The molecule has 0 spiro atoms. The first kappa shape index (κ1) is 27.2. The molecule has 31 heavy (non-hydrogen) atoms. The molecule has 0 atom stereocenters. The summed E-state index contributed by atoms with van der Waals surface area (Å²) in [5.74, 6) is 0.416. The van der Waals surface area contributed by atoms with Crippen LogP contribution in [0.2, 0.25) is 0 Å². The van der Waals surface area contributed by atoms with Gasteiger partial charge in [-0.25, -0.2) is 4.79 Å². The molecule has 0 aliphatic carbocycles. The normalized spacial score (nSPS) is 14.2. The van der Waals surface area contributed by atoms with Crippen LogP contribution in [0.1, 0.15) is 56.5 Å². The molecule has 2 aromatic heterocycles. The van der Waals surface area contributed by atoms with Gasteiger partial charge in [0.2, 0.25) is 0 Å². The summed E-state index contributed by atoms with van der Waals surface area (Å²) in [5, 5.41) is 0. The number of carbonyl (C=O) groups is 1. The molecule has 1 saturated heterocycles. The maximum absolute atomic E-state index is 12.0. The van der Waals surface area contributed by atoms with E-state index in [0.717, 1.165) is 28.7 Å². The van der Waals surface area contributed by atoms with Crippen LogP contribution in [-0.2, 0) is 21.8 Å². The van der Waals surface area contributed by atoms with Crippen molar-refractivity contribution in [3.05, 3.63) is 46.0 Å². The number of rotatable bonds is 1. The molecule has 0 unspecified atom stereocenters. The summed E-state index contributed by atoms with van der Waals surface area (Å²) in [6.45, 7) is 11.0. The number of nitrogen functional groups attached to an aromatic ring is 2. The molecule has 3 heterocycles. The summed E-state index contributed by atoms with van der Waals surface area (Å²) in [6.07, 6.45) is 4.95. The van der Waals surface area contributed by atoms with Crippen LogP contribution in [0.4, 0.5) is 16.2 Å². The Labute approximate surface area is 203 Å². The number of nitrogens with two attached hydrogens (primary N) is 2. The van der Waals surface area contributed by atoms with Crippen LogP contribution in [0, 0.1) is 13.8 Å². The number of aryl methyl sites for hydroxylation is 2. The van der Waals surface area contributed by atoms with Gasteiger partial charge < -0.3 is 21.1 Å². The fraction of sp³-hybridized carbons (Fsp3) is 0.500. The third-order valence-corrected chi connectivity index (χ3v) is 5.58. The van der Waals surface area contributed by atoms with Gasteiger partial charge in [-0.1, -0.05) is 0 Å². The van der Waals surface area contributed by atoms with Gasteiger partial charge in [-0.2, -0.15) is 0 Å². The van der Waals surface area contributed by atoms with E-state index >= 15 is 0 Å². The average Bonchev–Trinajstić information content (AvgIpc) is 2.66. The zero-order chi connectivity index (χ0) is 22.5. The quantitative estimate of drug-likeness (QED) is 0.509. The molecule has 3 rings (SSSR count). The van der Waals surface area contributed by atoms with E-state index in [9.17, 15) is 4.79 Å². The SMILES string of the molecule is Cc1ncc(N)cc1Br.Cc1ncc(N)cc1C1CCN(C(=O)OC(C)(C)C)CC1.[Fe]. The predicted octanol–water partition coefficient (Wildman–Crippen LogP) is 4.82. The predicted molar refractivity (Wildman–Crippen MR) is 124 cm³/mol. The van der Waals surface area contributed by atoms with Gasteiger partial charge in [0.1, 0.15) is 5.60 Å². The van der Waals surface area contributed by atoms with Crippen LogP contribution < -0.4 is 11.5 Å². The van der Waals surface area contributed by atoms with Crippen molar-refractivity contribution in [3.8, 4) is 0 Å². The van der Waals surface area contributed by atoms with Crippen LogP contribution >= 0.6 is 15.9 Å². The van der Waals surface area contributed by atoms with Gasteiger partial charge >= 0.3 is 6.09 Å². The topological polar surface area (TPSA) is 107 Å². The summed E-state index contributed by atoms with van der Waals surface area (Å²) in [4.78, 5) is 22.2. The van der Waals surface area contributed by atoms with Crippen molar-refractivity contribution < 1.29 is 26.6 Å². The summed E-state index contributed by atoms with van der Waals surface area (Å²) < 4.78 is 6.38. The molecular formula is C22H32BrFeN5O2. The van der Waals surface area contributed by atoms with Crippen LogP contribution in [0.25, 0.3) is 0 Å². The Morgan fingerprint density at radius 1 is 1.06 bits per heavy atom. The van der Waals surface area contributed by atoms with E-state index in [4.69, 9.17) is 16.2 Å². The Bertz CT molecular complexity index is 881. The van der Waals surface area contributed by atoms with Gasteiger partial charge in [-0.3, -0.25) is 9.97 Å². The van der Waals surface area contributed by atoms with Crippen LogP contribution in [0.5, 0.6) is 0 Å². The third-order valence-electron chi connectivity index (χ3n) is 4.78. The number of hydrogen-bond acceptors (Lipinski definition) is 6. The summed E-state index contributed by atoms with van der Waals surface area (Å²) >= 11 is 3.30. The molecular weight excluding hydrogens is 502 g/mol. The number of likely N-dealkylation sites (tertiary alicyclic amines) is 1. The van der Waals surface area contributed by atoms with E-state index in [1.807, 2.05) is 46.8 Å². The van der Waals surface area contributed by atoms with Crippen molar-refractivity contribution >= 4 is 33.4 Å². The zero-order valence-corrected chi connectivity index (χ0v) is 21.4. The number of amides is 1. The first-order valence-corrected chi connectivity index (χ1v) is 10.8. The van der Waals surface area contributed by atoms with Crippen molar-refractivity contribution in [1.82, 2.24) is 14.9 Å². The van der Waals surface area contributed by atoms with Gasteiger partial charge in [0.05, 0.1) is 29.5 Å². The van der Waals surface area contributed by atoms with Crippen molar-refractivity contribution in [2.45, 2.75) is 59.0 Å². The van der Waals surface area contributed by atoms with E-state index in [0.29, 0.717) is 30.4 Å². The van der Waals surface area contributed by atoms with Crippen molar-refractivity contribution in [1.29, 1.82) is 0 Å². The monoisotopic (exact) mass is 533 g/mol. The number of hydrogen-bond donors (Lipinski definition) is 2. The Hall–Kier alpha value is -1.83. The van der Waals surface area contributed by atoms with Crippen molar-refractivity contribution in [2.24, 2.45) is 0 Å². The van der Waals surface area contributed by atoms with Crippen molar-refractivity contribution in [2.75, 3.05) is 24.6 Å². The van der Waals surface area contributed by atoms with Crippen LogP contribution in [0.3, 0.4) is 0 Å². The van der Waals surface area contributed by atoms with E-state index in [2.05, 4.69) is 25.9 Å². The number of carbonyl (C=O) groups excluding carboxylic acids is 1. The molecule has 7 nitrogen and oxygen atoms in total. The van der Waals surface area contributed by atoms with Gasteiger partial charge in [-0.15, -0.1) is 0 Å². The van der Waals surface area contributed by atoms with E-state index in [-0.39, 0.29) is 23.2 Å². The summed E-state index contributed by atoms with van der Waals surface area (Å²) in [5.41, 5.74) is 15.4. The van der Waals surface area contributed by atoms with E-state index < -0.39 is 5.60 Å². The molecule has 4 N–H and O–H groups in total. The first-order chi connectivity index (χ1) is 14.0. The Morgan fingerprint density at radius 3 is 2.06 bits per heavy atom. The fourth-order valence-electron chi connectivity index (χ4n) is 3.20. The van der Waals surface area contributed by atoms with Crippen LogP contribution in [0.15, 0.2) is 29.0 Å². The summed E-state index contributed by atoms with van der Waals surface area (Å²) in [7, 11) is 0. The zero-order valence-electron chi connectivity index (χ0n) is 18.8. The molecule has 0 aromatic carbocycles. The standard InChI is InChI=1S/C16H25N3O2.C6H7BrN2.Fe/c1-11-14(9-13(17)10-18-11)12-5-7-19(8-6-12)15(20)21-16(2,3)4;1-4-6(7)2-5(8)3-9-4;/h9-10,12H,5-8,17H2,1-4H3;2-3H,8H2,1H3;. The molecule has 0 saturated carbocycles. The molecule has 1 fully saturated rings. The first-order valence-electron chi connectivity index (χ1n) is 10.0. The third kappa shape index (κ3) is 8.67. The van der Waals surface area contributed by atoms with Crippen LogP contribution in [-0.4, -0.2) is 39.7 Å². The maximum atomic E-state index is 12.0. The molecule has 1 aliphatic rings. The molecule has 1 aliphatic heterocycles. The molecule has 172 valence electrons. The van der Waals surface area contributed by atoms with E-state index in [1.165, 1.54) is 5.56 Å². The molecule has 1 amide bonds. The number of halogens is 1. The largest absolute Gasteiger partial charge is 0.444 e. The number of aromatic nitrogens is 2. The fourth-order valence-corrected chi connectivity index (χ4v) is 3.57. The second-order valence-corrected chi connectivity index (χ2v) is 9.38. The summed E-state index contributed by atoms with van der Waals surface area (Å²) in [6, 6.07) is 3.85. The number of anilines is 2. The number of ether oxygens (including phenoxy) is 1. The molecule has 9 heteroatoms. The number of nitrogens with zero attached hydrogens (tertiary/aromatic N) is 3. The van der Waals surface area contributed by atoms with Gasteiger partial charge in [0.15, 0.2) is 0 Å². The van der Waals surface area contributed by atoms with E-state index in [1.54, 1.807) is 17.3 Å². The molecule has 2 aromatic rings. The molecule has 0 radical (unpaired) electrons. The van der Waals surface area contributed by atoms with Gasteiger partial charge in [-0.05, 0) is 87.0 Å². The number of piperidine rings is 1. The minimum Gasteiger partial charge on any atom is -0.444 e. The smallest absolute Gasteiger partial charge is 0.410 e.